The summed E-state index contributed by atoms with van der Waals surface area (Å²) in [6, 6.07) is 6.10. The van der Waals surface area contributed by atoms with Crippen LogP contribution in [0.25, 0.3) is 0 Å². The lowest BCUT2D eigenvalue weighted by atomic mass is 10.0. The predicted molar refractivity (Wildman–Crippen MR) is 71.8 cm³/mol. The van der Waals surface area contributed by atoms with Gasteiger partial charge in [0.2, 0.25) is 0 Å². The number of methoxy groups -OCH3 is 1. The van der Waals surface area contributed by atoms with Crippen molar-refractivity contribution in [1.29, 1.82) is 0 Å². The van der Waals surface area contributed by atoms with E-state index >= 15 is 0 Å². The predicted octanol–water partition coefficient (Wildman–Crippen LogP) is 2.80. The van der Waals surface area contributed by atoms with E-state index in [-0.39, 0.29) is 5.97 Å². The largest absolute Gasteiger partial charge is 0.468 e. The Labute approximate surface area is 111 Å². The molecule has 0 unspecified atom stereocenters. The molecule has 17 heavy (non-hydrogen) atoms. The van der Waals surface area contributed by atoms with E-state index in [4.69, 9.17) is 4.74 Å². The summed E-state index contributed by atoms with van der Waals surface area (Å²) < 4.78 is 5.78. The number of aryl methyl sites for hydroxylation is 1. The van der Waals surface area contributed by atoms with Gasteiger partial charge in [-0.1, -0.05) is 22.0 Å². The molecule has 0 aliphatic heterocycles. The van der Waals surface area contributed by atoms with Gasteiger partial charge in [0.25, 0.3) is 0 Å². The number of nitrogens with one attached hydrogen (secondary N) is 1. The molecule has 0 aromatic heterocycles. The second kappa shape index (κ2) is 5.65. The lowest BCUT2D eigenvalue weighted by Gasteiger charge is -2.23. The Bertz CT molecular complexity index is 416. The number of carbonyl (C=O) groups is 1. The van der Waals surface area contributed by atoms with Crippen LogP contribution in [0.15, 0.2) is 22.7 Å². The molecule has 94 valence electrons. The van der Waals surface area contributed by atoms with E-state index < -0.39 is 5.54 Å². The second-order valence-corrected chi connectivity index (χ2v) is 5.46. The molecule has 1 rings (SSSR count). The minimum atomic E-state index is -0.677. The molecule has 0 radical (unpaired) electrons. The molecule has 0 atom stereocenters. The fourth-order valence-corrected chi connectivity index (χ4v) is 1.88. The van der Waals surface area contributed by atoms with E-state index in [1.54, 1.807) is 0 Å². The van der Waals surface area contributed by atoms with Gasteiger partial charge in [0.15, 0.2) is 0 Å². The maximum Gasteiger partial charge on any atom is 0.325 e. The Morgan fingerprint density at radius 3 is 2.71 bits per heavy atom. The average molecular weight is 300 g/mol. The fraction of sp³-hybridized carbons (Fsp3) is 0.462. The van der Waals surface area contributed by atoms with Crippen LogP contribution in [-0.2, 0) is 16.1 Å². The van der Waals surface area contributed by atoms with Gasteiger partial charge in [-0.25, -0.2) is 0 Å². The molecule has 3 nitrogen and oxygen atoms in total. The summed E-state index contributed by atoms with van der Waals surface area (Å²) in [6.07, 6.45) is 0. The van der Waals surface area contributed by atoms with Crippen LogP contribution in [0.5, 0.6) is 0 Å². The second-order valence-electron chi connectivity index (χ2n) is 4.54. The quantitative estimate of drug-likeness (QED) is 0.869. The summed E-state index contributed by atoms with van der Waals surface area (Å²) in [5.41, 5.74) is 1.68. The van der Waals surface area contributed by atoms with Gasteiger partial charge in [0.05, 0.1) is 7.11 Å². The number of carbonyl (C=O) groups excluding carboxylic acids is 1. The van der Waals surface area contributed by atoms with Gasteiger partial charge < -0.3 is 4.74 Å². The number of rotatable bonds is 4. The summed E-state index contributed by atoms with van der Waals surface area (Å²) in [5, 5.41) is 3.20. The Kier molecular flexibility index (Phi) is 4.71. The first-order valence-electron chi connectivity index (χ1n) is 5.45. The van der Waals surface area contributed by atoms with Crippen LogP contribution >= 0.6 is 15.9 Å². The number of ether oxygens (including phenoxy) is 1. The first-order valence-corrected chi connectivity index (χ1v) is 6.24. The van der Waals surface area contributed by atoms with E-state index in [0.29, 0.717) is 6.54 Å². The third kappa shape index (κ3) is 3.82. The Morgan fingerprint density at radius 2 is 2.12 bits per heavy atom. The van der Waals surface area contributed by atoms with Crippen molar-refractivity contribution in [3.8, 4) is 0 Å². The van der Waals surface area contributed by atoms with Crippen LogP contribution in [0.2, 0.25) is 0 Å². The molecule has 0 heterocycles. The SMILES string of the molecule is COC(=O)C(C)(C)NCc1cc(Br)ccc1C. The highest BCUT2D eigenvalue weighted by molar-refractivity contribution is 9.10. The third-order valence-corrected chi connectivity index (χ3v) is 3.22. The van der Waals surface area contributed by atoms with E-state index in [1.807, 2.05) is 26.0 Å². The van der Waals surface area contributed by atoms with Gasteiger partial charge in [-0.15, -0.1) is 0 Å². The van der Waals surface area contributed by atoms with Gasteiger partial charge in [-0.3, -0.25) is 10.1 Å². The molecule has 0 saturated carbocycles. The van der Waals surface area contributed by atoms with Crippen molar-refractivity contribution in [1.82, 2.24) is 5.32 Å². The third-order valence-electron chi connectivity index (χ3n) is 2.73. The highest BCUT2D eigenvalue weighted by Crippen LogP contribution is 2.17. The van der Waals surface area contributed by atoms with Crippen molar-refractivity contribution in [2.24, 2.45) is 0 Å². The lowest BCUT2D eigenvalue weighted by Crippen LogP contribution is -2.47. The monoisotopic (exact) mass is 299 g/mol. The Balaban J connectivity index is 2.73. The molecule has 1 aromatic rings. The van der Waals surface area contributed by atoms with Crippen molar-refractivity contribution in [2.75, 3.05) is 7.11 Å². The molecule has 0 spiro atoms. The van der Waals surface area contributed by atoms with E-state index in [1.165, 1.54) is 12.7 Å². The zero-order chi connectivity index (χ0) is 13.1. The van der Waals surface area contributed by atoms with Crippen molar-refractivity contribution < 1.29 is 9.53 Å². The minimum absolute atomic E-state index is 0.259. The van der Waals surface area contributed by atoms with Gasteiger partial charge in [-0.2, -0.15) is 0 Å². The number of hydrogen-bond acceptors (Lipinski definition) is 3. The highest BCUT2D eigenvalue weighted by atomic mass is 79.9. The van der Waals surface area contributed by atoms with Gasteiger partial charge in [0, 0.05) is 11.0 Å². The first-order chi connectivity index (χ1) is 7.86. The zero-order valence-electron chi connectivity index (χ0n) is 10.6. The molecule has 0 fully saturated rings. The average Bonchev–Trinajstić information content (AvgIpc) is 2.29. The number of esters is 1. The molecule has 1 aromatic carbocycles. The molecule has 0 amide bonds. The molecule has 0 saturated heterocycles. The summed E-state index contributed by atoms with van der Waals surface area (Å²) in [5.74, 6) is -0.259. The maximum absolute atomic E-state index is 11.5. The zero-order valence-corrected chi connectivity index (χ0v) is 12.2. The lowest BCUT2D eigenvalue weighted by molar-refractivity contribution is -0.147. The van der Waals surface area contributed by atoms with Crippen molar-refractivity contribution in [3.05, 3.63) is 33.8 Å². The standard InChI is InChI=1S/C13H18BrNO2/c1-9-5-6-11(14)7-10(9)8-15-13(2,3)12(16)17-4/h5-7,15H,8H2,1-4H3. The normalized spacial score (nSPS) is 11.4. The molecular formula is C13H18BrNO2. The summed E-state index contributed by atoms with van der Waals surface area (Å²) in [4.78, 5) is 11.5. The van der Waals surface area contributed by atoms with Crippen molar-refractivity contribution >= 4 is 21.9 Å². The van der Waals surface area contributed by atoms with Crippen LogP contribution in [0.3, 0.4) is 0 Å². The van der Waals surface area contributed by atoms with Gasteiger partial charge >= 0.3 is 5.97 Å². The summed E-state index contributed by atoms with van der Waals surface area (Å²) in [7, 11) is 1.40. The number of halogens is 1. The van der Waals surface area contributed by atoms with Crippen molar-refractivity contribution in [3.63, 3.8) is 0 Å². The van der Waals surface area contributed by atoms with Crippen LogP contribution in [0.1, 0.15) is 25.0 Å². The summed E-state index contributed by atoms with van der Waals surface area (Å²) in [6.45, 7) is 6.31. The smallest absolute Gasteiger partial charge is 0.325 e. The molecule has 0 aliphatic rings. The molecule has 0 bridgehead atoms. The van der Waals surface area contributed by atoms with Crippen LogP contribution in [0.4, 0.5) is 0 Å². The number of hydrogen-bond donors (Lipinski definition) is 1. The van der Waals surface area contributed by atoms with E-state index in [0.717, 1.165) is 10.0 Å². The first kappa shape index (κ1) is 14.2. The molecule has 0 aliphatic carbocycles. The van der Waals surface area contributed by atoms with Gasteiger partial charge in [-0.05, 0) is 44.0 Å². The van der Waals surface area contributed by atoms with Crippen LogP contribution in [-0.4, -0.2) is 18.6 Å². The van der Waals surface area contributed by atoms with E-state index in [9.17, 15) is 4.79 Å². The maximum atomic E-state index is 11.5. The van der Waals surface area contributed by atoms with Crippen LogP contribution < -0.4 is 5.32 Å². The van der Waals surface area contributed by atoms with Crippen molar-refractivity contribution in [2.45, 2.75) is 32.9 Å². The Hall–Kier alpha value is -0.870. The minimum Gasteiger partial charge on any atom is -0.468 e. The van der Waals surface area contributed by atoms with Gasteiger partial charge in [0.1, 0.15) is 5.54 Å². The highest BCUT2D eigenvalue weighted by Gasteiger charge is 2.27. The molecule has 1 N–H and O–H groups in total. The topological polar surface area (TPSA) is 38.3 Å². The molecule has 4 heteroatoms. The van der Waals surface area contributed by atoms with E-state index in [2.05, 4.69) is 34.2 Å². The number of benzene rings is 1. The Morgan fingerprint density at radius 1 is 1.47 bits per heavy atom. The summed E-state index contributed by atoms with van der Waals surface area (Å²) >= 11 is 3.44. The fourth-order valence-electron chi connectivity index (χ4n) is 1.47. The van der Waals surface area contributed by atoms with Crippen LogP contribution in [0, 0.1) is 6.92 Å². The molecular weight excluding hydrogens is 282 g/mol.